The van der Waals surface area contributed by atoms with Crippen LogP contribution in [0.1, 0.15) is 21.6 Å². The Hall–Kier alpha value is -3.81. The number of amides is 1. The molecule has 0 atom stereocenters. The summed E-state index contributed by atoms with van der Waals surface area (Å²) in [5.41, 5.74) is 2.65. The molecular weight excluding hydrogens is 386 g/mol. The standard InChI is InChI=1S/C22H21N3O5/c1-13-19-15(11-16(17-9-6-10-29-17)23-21(19)30-24-13)22(26)25(2)12-14-7-5-8-18(27-3)20(14)28-4/h5-11H,12H2,1-4H3. The summed E-state index contributed by atoms with van der Waals surface area (Å²) in [6.07, 6.45) is 1.55. The number of hydrogen-bond donors (Lipinski definition) is 0. The third-order valence-corrected chi connectivity index (χ3v) is 4.86. The third-order valence-electron chi connectivity index (χ3n) is 4.86. The number of nitrogens with zero attached hydrogens (tertiary/aromatic N) is 3. The highest BCUT2D eigenvalue weighted by Crippen LogP contribution is 2.32. The number of ether oxygens (including phenoxy) is 2. The summed E-state index contributed by atoms with van der Waals surface area (Å²) >= 11 is 0. The number of carbonyl (C=O) groups is 1. The van der Waals surface area contributed by atoms with Crippen LogP contribution in [0.4, 0.5) is 0 Å². The molecule has 0 spiro atoms. The second-order valence-electron chi connectivity index (χ2n) is 6.79. The molecule has 3 heterocycles. The summed E-state index contributed by atoms with van der Waals surface area (Å²) < 4.78 is 21.6. The zero-order valence-electron chi connectivity index (χ0n) is 17.1. The van der Waals surface area contributed by atoms with Crippen LogP contribution in [0.2, 0.25) is 0 Å². The molecule has 0 fully saturated rings. The highest BCUT2D eigenvalue weighted by atomic mass is 16.5. The minimum atomic E-state index is -0.202. The van der Waals surface area contributed by atoms with E-state index in [-0.39, 0.29) is 11.6 Å². The molecule has 0 saturated heterocycles. The fraction of sp³-hybridized carbons (Fsp3) is 0.227. The van der Waals surface area contributed by atoms with Gasteiger partial charge in [-0.25, -0.2) is 4.98 Å². The van der Waals surface area contributed by atoms with E-state index in [0.717, 1.165) is 5.56 Å². The average molecular weight is 407 g/mol. The number of aromatic nitrogens is 2. The van der Waals surface area contributed by atoms with Crippen LogP contribution in [0, 0.1) is 6.92 Å². The molecule has 0 aliphatic carbocycles. The summed E-state index contributed by atoms with van der Waals surface area (Å²) in [6, 6.07) is 10.8. The first-order chi connectivity index (χ1) is 14.5. The van der Waals surface area contributed by atoms with Crippen molar-refractivity contribution in [1.29, 1.82) is 0 Å². The van der Waals surface area contributed by atoms with Gasteiger partial charge in [0, 0.05) is 19.2 Å². The molecule has 0 saturated carbocycles. The number of hydrogen-bond acceptors (Lipinski definition) is 7. The summed E-state index contributed by atoms with van der Waals surface area (Å²) in [7, 11) is 4.88. The van der Waals surface area contributed by atoms with E-state index in [0.29, 0.717) is 46.1 Å². The Morgan fingerprint density at radius 3 is 2.70 bits per heavy atom. The monoisotopic (exact) mass is 407 g/mol. The van der Waals surface area contributed by atoms with E-state index in [4.69, 9.17) is 18.4 Å². The second kappa shape index (κ2) is 7.90. The predicted octanol–water partition coefficient (Wildman–Crippen LogP) is 4.08. The van der Waals surface area contributed by atoms with Gasteiger partial charge in [-0.15, -0.1) is 0 Å². The van der Waals surface area contributed by atoms with Crippen LogP contribution < -0.4 is 9.47 Å². The number of methoxy groups -OCH3 is 2. The van der Waals surface area contributed by atoms with Crippen molar-refractivity contribution in [3.63, 3.8) is 0 Å². The molecule has 0 bridgehead atoms. The number of benzene rings is 1. The zero-order valence-corrected chi connectivity index (χ0v) is 17.1. The Bertz CT molecular complexity index is 1200. The summed E-state index contributed by atoms with van der Waals surface area (Å²) in [5, 5.41) is 4.56. The number of furan rings is 1. The van der Waals surface area contributed by atoms with E-state index in [2.05, 4.69) is 10.1 Å². The topological polar surface area (TPSA) is 90.8 Å². The maximum Gasteiger partial charge on any atom is 0.259 e. The van der Waals surface area contributed by atoms with Gasteiger partial charge in [-0.3, -0.25) is 4.79 Å². The van der Waals surface area contributed by atoms with Crippen molar-refractivity contribution in [3.8, 4) is 23.0 Å². The molecule has 1 aromatic carbocycles. The number of pyridine rings is 1. The minimum Gasteiger partial charge on any atom is -0.493 e. The van der Waals surface area contributed by atoms with Crippen molar-refractivity contribution in [2.75, 3.05) is 21.3 Å². The average Bonchev–Trinajstić information content (AvgIpc) is 3.42. The van der Waals surface area contributed by atoms with Crippen LogP contribution in [0.25, 0.3) is 22.6 Å². The molecule has 0 aliphatic rings. The van der Waals surface area contributed by atoms with Crippen molar-refractivity contribution >= 4 is 17.0 Å². The number of rotatable bonds is 6. The first kappa shape index (κ1) is 19.5. The van der Waals surface area contributed by atoms with Gasteiger partial charge < -0.3 is 23.3 Å². The maximum absolute atomic E-state index is 13.4. The van der Waals surface area contributed by atoms with Gasteiger partial charge in [0.1, 0.15) is 5.69 Å². The van der Waals surface area contributed by atoms with Gasteiger partial charge in [0.05, 0.1) is 37.1 Å². The van der Waals surface area contributed by atoms with Gasteiger partial charge in [0.15, 0.2) is 17.3 Å². The largest absolute Gasteiger partial charge is 0.493 e. The lowest BCUT2D eigenvalue weighted by Gasteiger charge is -2.20. The number of para-hydroxylation sites is 1. The van der Waals surface area contributed by atoms with Gasteiger partial charge in [-0.2, -0.15) is 0 Å². The van der Waals surface area contributed by atoms with E-state index in [9.17, 15) is 4.79 Å². The number of carbonyl (C=O) groups excluding carboxylic acids is 1. The van der Waals surface area contributed by atoms with Crippen LogP contribution in [-0.4, -0.2) is 42.2 Å². The highest BCUT2D eigenvalue weighted by molar-refractivity contribution is 6.06. The highest BCUT2D eigenvalue weighted by Gasteiger charge is 2.23. The lowest BCUT2D eigenvalue weighted by Crippen LogP contribution is -2.27. The van der Waals surface area contributed by atoms with Crippen LogP contribution in [0.5, 0.6) is 11.5 Å². The molecule has 0 radical (unpaired) electrons. The Morgan fingerprint density at radius 1 is 1.17 bits per heavy atom. The van der Waals surface area contributed by atoms with Crippen LogP contribution >= 0.6 is 0 Å². The fourth-order valence-corrected chi connectivity index (χ4v) is 3.43. The first-order valence-corrected chi connectivity index (χ1v) is 9.29. The molecule has 154 valence electrons. The van der Waals surface area contributed by atoms with Gasteiger partial charge >= 0.3 is 0 Å². The summed E-state index contributed by atoms with van der Waals surface area (Å²) in [4.78, 5) is 19.5. The molecular formula is C22H21N3O5. The molecule has 0 N–H and O–H groups in total. The van der Waals surface area contributed by atoms with Gasteiger partial charge in [-0.05, 0) is 31.2 Å². The Kier molecular flexibility index (Phi) is 5.14. The lowest BCUT2D eigenvalue weighted by atomic mass is 10.1. The third kappa shape index (κ3) is 3.36. The van der Waals surface area contributed by atoms with E-state index >= 15 is 0 Å². The van der Waals surface area contributed by atoms with Crippen LogP contribution in [0.3, 0.4) is 0 Å². The maximum atomic E-state index is 13.4. The molecule has 0 aliphatic heterocycles. The Morgan fingerprint density at radius 2 is 2.00 bits per heavy atom. The smallest absolute Gasteiger partial charge is 0.259 e. The predicted molar refractivity (Wildman–Crippen MR) is 110 cm³/mol. The quantitative estimate of drug-likeness (QED) is 0.476. The minimum absolute atomic E-state index is 0.202. The zero-order chi connectivity index (χ0) is 21.3. The SMILES string of the molecule is COc1cccc(CN(C)C(=O)c2cc(-c3ccco3)nc3onc(C)c23)c1OC. The fourth-order valence-electron chi connectivity index (χ4n) is 3.43. The van der Waals surface area contributed by atoms with Crippen molar-refractivity contribution in [3.05, 3.63) is 59.5 Å². The van der Waals surface area contributed by atoms with E-state index < -0.39 is 0 Å². The summed E-state index contributed by atoms with van der Waals surface area (Å²) in [6.45, 7) is 2.10. The molecule has 8 nitrogen and oxygen atoms in total. The van der Waals surface area contributed by atoms with Crippen molar-refractivity contribution < 1.29 is 23.2 Å². The van der Waals surface area contributed by atoms with E-state index in [1.54, 1.807) is 57.6 Å². The van der Waals surface area contributed by atoms with Gasteiger partial charge in [0.25, 0.3) is 11.6 Å². The van der Waals surface area contributed by atoms with E-state index in [1.807, 2.05) is 18.2 Å². The van der Waals surface area contributed by atoms with Gasteiger partial charge in [-0.1, -0.05) is 17.3 Å². The van der Waals surface area contributed by atoms with Crippen molar-refractivity contribution in [2.45, 2.75) is 13.5 Å². The lowest BCUT2D eigenvalue weighted by molar-refractivity contribution is 0.0786. The molecule has 0 unspecified atom stereocenters. The molecule has 8 heteroatoms. The van der Waals surface area contributed by atoms with Crippen molar-refractivity contribution in [2.24, 2.45) is 0 Å². The van der Waals surface area contributed by atoms with Gasteiger partial charge in [0.2, 0.25) is 0 Å². The Balaban J connectivity index is 1.73. The van der Waals surface area contributed by atoms with Crippen molar-refractivity contribution in [1.82, 2.24) is 15.0 Å². The molecule has 4 rings (SSSR count). The summed E-state index contributed by atoms with van der Waals surface area (Å²) in [5.74, 6) is 1.54. The molecule has 30 heavy (non-hydrogen) atoms. The molecule has 3 aromatic heterocycles. The first-order valence-electron chi connectivity index (χ1n) is 9.29. The second-order valence-corrected chi connectivity index (χ2v) is 6.79. The van der Waals surface area contributed by atoms with Crippen LogP contribution in [0.15, 0.2) is 51.6 Å². The Labute approximate surface area is 173 Å². The number of aryl methyl sites for hydroxylation is 1. The normalized spacial score (nSPS) is 10.9. The molecule has 4 aromatic rings. The van der Waals surface area contributed by atoms with Crippen LogP contribution in [-0.2, 0) is 6.54 Å². The number of fused-ring (bicyclic) bond motifs is 1. The van der Waals surface area contributed by atoms with E-state index in [1.165, 1.54) is 0 Å². The molecule has 1 amide bonds.